The second kappa shape index (κ2) is 11.5. The van der Waals surface area contributed by atoms with Crippen LogP contribution < -0.4 is 4.90 Å². The first-order chi connectivity index (χ1) is 24.8. The molecule has 0 aliphatic carbocycles. The van der Waals surface area contributed by atoms with Crippen LogP contribution in [0.2, 0.25) is 0 Å². The fraction of sp³-hybridized carbons (Fsp3) is 0. The molecule has 9 aromatic carbocycles. The molecule has 1 aromatic heterocycles. The number of hydrogen-bond donors (Lipinski definition) is 0. The van der Waals surface area contributed by atoms with Gasteiger partial charge in [0, 0.05) is 33.6 Å². The van der Waals surface area contributed by atoms with Gasteiger partial charge in [0.15, 0.2) is 0 Å². The summed E-state index contributed by atoms with van der Waals surface area (Å²) in [5.41, 5.74) is 9.82. The van der Waals surface area contributed by atoms with Crippen molar-refractivity contribution in [1.29, 1.82) is 0 Å². The lowest BCUT2D eigenvalue weighted by atomic mass is 9.97. The number of nitrogens with zero attached hydrogens (tertiary/aromatic N) is 1. The van der Waals surface area contributed by atoms with E-state index in [9.17, 15) is 0 Å². The Kier molecular flexibility index (Phi) is 6.53. The lowest BCUT2D eigenvalue weighted by Gasteiger charge is -2.27. The van der Waals surface area contributed by atoms with Gasteiger partial charge in [-0.3, -0.25) is 0 Å². The van der Waals surface area contributed by atoms with Crippen molar-refractivity contribution in [2.45, 2.75) is 0 Å². The first-order valence-corrected chi connectivity index (χ1v) is 17.1. The maximum absolute atomic E-state index is 6.39. The van der Waals surface area contributed by atoms with Crippen molar-refractivity contribution >= 4 is 71.3 Å². The molecule has 234 valence electrons. The quantitative estimate of drug-likeness (QED) is 0.175. The second-order valence-corrected chi connectivity index (χ2v) is 13.0. The summed E-state index contributed by atoms with van der Waals surface area (Å²) in [6.45, 7) is 0. The van der Waals surface area contributed by atoms with Crippen molar-refractivity contribution in [3.63, 3.8) is 0 Å². The fourth-order valence-electron chi connectivity index (χ4n) is 7.55. The molecule has 0 spiro atoms. The molecule has 2 nitrogen and oxygen atoms in total. The van der Waals surface area contributed by atoms with Crippen LogP contribution in [0.3, 0.4) is 0 Å². The van der Waals surface area contributed by atoms with Crippen molar-refractivity contribution in [3.05, 3.63) is 188 Å². The molecule has 0 aliphatic heterocycles. The minimum absolute atomic E-state index is 0.876. The maximum Gasteiger partial charge on any atom is 0.137 e. The van der Waals surface area contributed by atoms with E-state index in [1.165, 1.54) is 54.6 Å². The molecule has 0 bridgehead atoms. The van der Waals surface area contributed by atoms with E-state index < -0.39 is 0 Å². The zero-order valence-corrected chi connectivity index (χ0v) is 27.3. The molecule has 0 unspecified atom stereocenters. The van der Waals surface area contributed by atoms with E-state index in [0.717, 1.165) is 39.0 Å². The van der Waals surface area contributed by atoms with Crippen LogP contribution in [0.5, 0.6) is 0 Å². The highest BCUT2D eigenvalue weighted by atomic mass is 16.3. The molecule has 0 saturated carbocycles. The van der Waals surface area contributed by atoms with Gasteiger partial charge in [0.05, 0.1) is 5.69 Å². The Morgan fingerprint density at radius 2 is 0.900 bits per heavy atom. The number of anilines is 3. The lowest BCUT2D eigenvalue weighted by Crippen LogP contribution is -2.10. The van der Waals surface area contributed by atoms with Gasteiger partial charge in [0.1, 0.15) is 11.2 Å². The van der Waals surface area contributed by atoms with E-state index in [1.54, 1.807) is 0 Å². The van der Waals surface area contributed by atoms with Gasteiger partial charge >= 0.3 is 0 Å². The van der Waals surface area contributed by atoms with Gasteiger partial charge in [0.2, 0.25) is 0 Å². The second-order valence-electron chi connectivity index (χ2n) is 13.0. The highest BCUT2D eigenvalue weighted by Crippen LogP contribution is 2.44. The van der Waals surface area contributed by atoms with Gasteiger partial charge in [-0.15, -0.1) is 0 Å². The van der Waals surface area contributed by atoms with Crippen LogP contribution in [0, 0.1) is 0 Å². The minimum Gasteiger partial charge on any atom is -0.456 e. The van der Waals surface area contributed by atoms with Crippen LogP contribution in [0.4, 0.5) is 17.1 Å². The van der Waals surface area contributed by atoms with E-state index in [2.05, 4.69) is 181 Å². The normalized spacial score (nSPS) is 11.6. The molecule has 0 radical (unpaired) electrons. The monoisotopic (exact) mass is 637 g/mol. The third-order valence-electron chi connectivity index (χ3n) is 10.0. The fourth-order valence-corrected chi connectivity index (χ4v) is 7.55. The summed E-state index contributed by atoms with van der Waals surface area (Å²) in [5, 5.41) is 9.65. The number of hydrogen-bond acceptors (Lipinski definition) is 2. The van der Waals surface area contributed by atoms with Crippen LogP contribution in [0.25, 0.3) is 76.5 Å². The molecule has 1 heterocycles. The summed E-state index contributed by atoms with van der Waals surface area (Å²) in [5.74, 6) is 0. The van der Waals surface area contributed by atoms with E-state index >= 15 is 0 Å². The Labute approximate surface area is 290 Å². The summed E-state index contributed by atoms with van der Waals surface area (Å²) < 4.78 is 6.39. The molecular weight excluding hydrogens is 607 g/mol. The van der Waals surface area contributed by atoms with Crippen LogP contribution >= 0.6 is 0 Å². The molecule has 0 N–H and O–H groups in total. The molecule has 0 fully saturated rings. The Morgan fingerprint density at radius 1 is 0.300 bits per heavy atom. The van der Waals surface area contributed by atoms with Crippen molar-refractivity contribution in [2.75, 3.05) is 4.90 Å². The zero-order chi connectivity index (χ0) is 33.0. The highest BCUT2D eigenvalue weighted by molar-refractivity contribution is 6.15. The van der Waals surface area contributed by atoms with Crippen LogP contribution in [-0.4, -0.2) is 0 Å². The standard InChI is InChI=1S/C48H31NO/c1-2-11-34-29-37(21-20-32(34)10-1)36-14-9-13-35(28-36)33-22-24-39(25-23-33)49(40-26-27-45-44-18-7-8-19-47(44)50-48(45)31-40)46-30-38-12-3-4-15-41(38)42-16-5-6-17-43(42)46/h1-31H. The van der Waals surface area contributed by atoms with Crippen molar-refractivity contribution in [3.8, 4) is 22.3 Å². The van der Waals surface area contributed by atoms with Gasteiger partial charge in [0.25, 0.3) is 0 Å². The van der Waals surface area contributed by atoms with E-state index in [4.69, 9.17) is 4.42 Å². The molecule has 2 heteroatoms. The van der Waals surface area contributed by atoms with Crippen molar-refractivity contribution in [1.82, 2.24) is 0 Å². The first-order valence-electron chi connectivity index (χ1n) is 17.1. The van der Waals surface area contributed by atoms with Crippen molar-refractivity contribution in [2.24, 2.45) is 0 Å². The van der Waals surface area contributed by atoms with Crippen LogP contribution in [0.15, 0.2) is 192 Å². The van der Waals surface area contributed by atoms with Gasteiger partial charge in [-0.05, 0) is 97.7 Å². The largest absolute Gasteiger partial charge is 0.456 e. The van der Waals surface area contributed by atoms with Crippen LogP contribution in [0.1, 0.15) is 0 Å². The molecule has 50 heavy (non-hydrogen) atoms. The molecule has 0 saturated heterocycles. The van der Waals surface area contributed by atoms with Gasteiger partial charge in [-0.25, -0.2) is 0 Å². The molecule has 0 atom stereocenters. The number of benzene rings is 9. The molecule has 0 amide bonds. The lowest BCUT2D eigenvalue weighted by molar-refractivity contribution is 0.669. The number of rotatable bonds is 5. The minimum atomic E-state index is 0.876. The molecular formula is C48H31NO. The average Bonchev–Trinajstić information content (AvgIpc) is 3.56. The highest BCUT2D eigenvalue weighted by Gasteiger charge is 2.19. The van der Waals surface area contributed by atoms with Crippen molar-refractivity contribution < 1.29 is 4.42 Å². The number of fused-ring (bicyclic) bond motifs is 7. The summed E-state index contributed by atoms with van der Waals surface area (Å²) in [4.78, 5) is 2.37. The number of para-hydroxylation sites is 1. The summed E-state index contributed by atoms with van der Waals surface area (Å²) in [7, 11) is 0. The smallest absolute Gasteiger partial charge is 0.137 e. The Hall–Kier alpha value is -6.64. The topological polar surface area (TPSA) is 16.4 Å². The van der Waals surface area contributed by atoms with E-state index in [1.807, 2.05) is 12.1 Å². The Balaban J connectivity index is 1.12. The summed E-state index contributed by atoms with van der Waals surface area (Å²) >= 11 is 0. The van der Waals surface area contributed by atoms with Gasteiger partial charge in [-0.1, -0.05) is 133 Å². The van der Waals surface area contributed by atoms with E-state index in [-0.39, 0.29) is 0 Å². The maximum atomic E-state index is 6.39. The van der Waals surface area contributed by atoms with Crippen LogP contribution in [-0.2, 0) is 0 Å². The predicted molar refractivity (Wildman–Crippen MR) is 212 cm³/mol. The summed E-state index contributed by atoms with van der Waals surface area (Å²) in [6.07, 6.45) is 0. The number of furan rings is 1. The molecule has 10 rings (SSSR count). The third kappa shape index (κ3) is 4.73. The SMILES string of the molecule is c1cc(-c2ccc(N(c3ccc4c(c3)oc3ccccc34)c3cc4ccccc4c4ccccc34)cc2)cc(-c2ccc3ccccc3c2)c1. The Morgan fingerprint density at radius 3 is 1.74 bits per heavy atom. The Bertz CT molecular complexity index is 2880. The molecule has 0 aliphatic rings. The molecule has 10 aromatic rings. The summed E-state index contributed by atoms with van der Waals surface area (Å²) in [6, 6.07) is 67.6. The predicted octanol–water partition coefficient (Wildman–Crippen LogP) is 13.8. The third-order valence-corrected chi connectivity index (χ3v) is 10.0. The van der Waals surface area contributed by atoms with Gasteiger partial charge < -0.3 is 9.32 Å². The average molecular weight is 638 g/mol. The first kappa shape index (κ1) is 28.4. The zero-order valence-electron chi connectivity index (χ0n) is 27.3. The van der Waals surface area contributed by atoms with E-state index in [0.29, 0.717) is 0 Å². The van der Waals surface area contributed by atoms with Gasteiger partial charge in [-0.2, -0.15) is 0 Å².